The number of benzene rings is 2. The molecule has 2 aromatic carbocycles. The van der Waals surface area contributed by atoms with Crippen molar-refractivity contribution in [3.63, 3.8) is 0 Å². The van der Waals surface area contributed by atoms with Gasteiger partial charge in [-0.1, -0.05) is 30.2 Å². The maximum absolute atomic E-state index is 12.0. The predicted molar refractivity (Wildman–Crippen MR) is 133 cm³/mol. The Hall–Kier alpha value is -4.29. The zero-order valence-electron chi connectivity index (χ0n) is 18.4. The normalized spacial score (nSPS) is 9.88. The summed E-state index contributed by atoms with van der Waals surface area (Å²) in [6.45, 7) is 2.35. The Labute approximate surface area is 202 Å². The Kier molecular flexibility index (Phi) is 9.23. The van der Waals surface area contributed by atoms with Gasteiger partial charge < -0.3 is 21.1 Å². The number of hydrogen-bond acceptors (Lipinski definition) is 5. The summed E-state index contributed by atoms with van der Waals surface area (Å²) in [5.41, 5.74) is 8.22. The maximum Gasteiger partial charge on any atom is 0.408 e. The molecule has 3 rings (SSSR count). The van der Waals surface area contributed by atoms with Crippen LogP contribution in [-0.2, 0) is 11.3 Å². The molecule has 0 fully saturated rings. The fourth-order valence-electron chi connectivity index (χ4n) is 3.23. The van der Waals surface area contributed by atoms with Gasteiger partial charge in [-0.3, -0.25) is 10.1 Å². The molecule has 1 heterocycles. The molecule has 9 nitrogen and oxygen atoms in total. The monoisotopic (exact) mass is 481 g/mol. The molecule has 0 aliphatic carbocycles. The number of carbonyl (C=O) groups excluding carboxylic acids is 3. The lowest BCUT2D eigenvalue weighted by atomic mass is 9.95. The molecule has 4 amide bonds. The Morgan fingerprint density at radius 1 is 1.09 bits per heavy atom. The number of nitrogens with zero attached hydrogens (tertiary/aromatic N) is 1. The molecule has 176 valence electrons. The summed E-state index contributed by atoms with van der Waals surface area (Å²) in [4.78, 5) is 39.5. The number of anilines is 1. The molecule has 10 heteroatoms. The van der Waals surface area contributed by atoms with Gasteiger partial charge in [0, 0.05) is 30.2 Å². The van der Waals surface area contributed by atoms with E-state index in [2.05, 4.69) is 26.9 Å². The standard InChI is InChI=1S/C24H23N5O4.ClH/c1-3-11-33-24(32)28-13-17-9-10-18(15-5-7-16(8-6-15)22(25)30)19-12-21(27-14-20(17)19)29-23(31)26-4-2;/h1,5-10,12,14H,4,11,13H2,2H3,(H2,25,30)(H,28,32)(H2,26,27,29,31);1H. The summed E-state index contributed by atoms with van der Waals surface area (Å²) in [7, 11) is 0. The zero-order chi connectivity index (χ0) is 23.8. The van der Waals surface area contributed by atoms with Crippen LogP contribution in [0.2, 0.25) is 0 Å². The summed E-state index contributed by atoms with van der Waals surface area (Å²) in [5, 5.41) is 9.57. The highest BCUT2D eigenvalue weighted by atomic mass is 35.5. The summed E-state index contributed by atoms with van der Waals surface area (Å²) >= 11 is 0. The number of nitrogens with two attached hydrogens (primary N) is 1. The first kappa shape index (κ1) is 26.0. The predicted octanol–water partition coefficient (Wildman–Crippen LogP) is 3.42. The summed E-state index contributed by atoms with van der Waals surface area (Å²) < 4.78 is 4.84. The number of hydrogen-bond donors (Lipinski definition) is 4. The van der Waals surface area contributed by atoms with E-state index in [0.717, 1.165) is 27.5 Å². The minimum absolute atomic E-state index is 0. The molecule has 0 unspecified atom stereocenters. The summed E-state index contributed by atoms with van der Waals surface area (Å²) in [6, 6.07) is 12.0. The largest absolute Gasteiger partial charge is 0.436 e. The highest BCUT2D eigenvalue weighted by Crippen LogP contribution is 2.32. The van der Waals surface area contributed by atoms with Gasteiger partial charge in [-0.2, -0.15) is 0 Å². The molecule has 3 aromatic rings. The van der Waals surface area contributed by atoms with E-state index in [-0.39, 0.29) is 31.6 Å². The maximum atomic E-state index is 12.0. The second-order valence-electron chi connectivity index (χ2n) is 6.95. The van der Waals surface area contributed by atoms with Crippen LogP contribution in [0.5, 0.6) is 0 Å². The highest BCUT2D eigenvalue weighted by Gasteiger charge is 2.13. The first-order chi connectivity index (χ1) is 15.9. The van der Waals surface area contributed by atoms with Gasteiger partial charge in [0.05, 0.1) is 0 Å². The Balaban J connectivity index is 0.00000408. The number of pyridine rings is 1. The van der Waals surface area contributed by atoms with Crippen LogP contribution in [0.25, 0.3) is 21.9 Å². The van der Waals surface area contributed by atoms with Crippen LogP contribution >= 0.6 is 12.4 Å². The van der Waals surface area contributed by atoms with Crippen LogP contribution in [0.4, 0.5) is 15.4 Å². The van der Waals surface area contributed by atoms with Gasteiger partial charge in [0.25, 0.3) is 0 Å². The smallest absolute Gasteiger partial charge is 0.408 e. The van der Waals surface area contributed by atoms with E-state index in [1.54, 1.807) is 36.5 Å². The number of urea groups is 1. The van der Waals surface area contributed by atoms with Crippen molar-refractivity contribution in [2.45, 2.75) is 13.5 Å². The molecule has 0 atom stereocenters. The van der Waals surface area contributed by atoms with Crippen molar-refractivity contribution in [3.8, 4) is 23.5 Å². The van der Waals surface area contributed by atoms with Gasteiger partial charge in [0.1, 0.15) is 5.82 Å². The quantitative estimate of drug-likeness (QED) is 0.383. The summed E-state index contributed by atoms with van der Waals surface area (Å²) in [5.74, 6) is 2.08. The third kappa shape index (κ3) is 6.37. The van der Waals surface area contributed by atoms with Gasteiger partial charge >= 0.3 is 12.1 Å². The second kappa shape index (κ2) is 12.1. The molecule has 0 saturated carbocycles. The van der Waals surface area contributed by atoms with Crippen LogP contribution in [0.15, 0.2) is 48.7 Å². The molecule has 0 aliphatic rings. The molecular formula is C24H24ClN5O4. The number of primary amides is 1. The van der Waals surface area contributed by atoms with Gasteiger partial charge in [-0.05, 0) is 47.2 Å². The van der Waals surface area contributed by atoms with Crippen molar-refractivity contribution in [2.24, 2.45) is 5.73 Å². The van der Waals surface area contributed by atoms with E-state index in [1.807, 2.05) is 19.1 Å². The molecule has 1 aromatic heterocycles. The van der Waals surface area contributed by atoms with E-state index in [4.69, 9.17) is 16.9 Å². The zero-order valence-corrected chi connectivity index (χ0v) is 19.2. The van der Waals surface area contributed by atoms with Crippen LogP contribution in [0.1, 0.15) is 22.8 Å². The van der Waals surface area contributed by atoms with Crippen molar-refractivity contribution >= 4 is 47.0 Å². The van der Waals surface area contributed by atoms with Crippen molar-refractivity contribution < 1.29 is 19.1 Å². The molecule has 0 saturated heterocycles. The first-order valence-electron chi connectivity index (χ1n) is 10.1. The van der Waals surface area contributed by atoms with E-state index in [0.29, 0.717) is 17.9 Å². The van der Waals surface area contributed by atoms with Crippen LogP contribution in [0.3, 0.4) is 0 Å². The molecule has 0 spiro atoms. The van der Waals surface area contributed by atoms with Crippen LogP contribution in [0, 0.1) is 12.3 Å². The lowest BCUT2D eigenvalue weighted by molar-refractivity contribution is 0.1000. The van der Waals surface area contributed by atoms with Gasteiger partial charge in [-0.25, -0.2) is 14.6 Å². The first-order valence-corrected chi connectivity index (χ1v) is 10.1. The average molecular weight is 482 g/mol. The third-order valence-corrected chi connectivity index (χ3v) is 4.76. The number of alkyl carbamates (subject to hydrolysis) is 1. The minimum Gasteiger partial charge on any atom is -0.436 e. The topological polar surface area (TPSA) is 135 Å². The lowest BCUT2D eigenvalue weighted by Gasteiger charge is -2.14. The molecule has 34 heavy (non-hydrogen) atoms. The number of halogens is 1. The molecule has 0 bridgehead atoms. The molecule has 0 aliphatic heterocycles. The fourth-order valence-corrected chi connectivity index (χ4v) is 3.23. The van der Waals surface area contributed by atoms with Crippen molar-refractivity contribution in [2.75, 3.05) is 18.5 Å². The number of terminal acetylenes is 1. The molecule has 0 radical (unpaired) electrons. The number of nitrogens with one attached hydrogen (secondary N) is 3. The van der Waals surface area contributed by atoms with Crippen LogP contribution in [-0.4, -0.2) is 36.2 Å². The minimum atomic E-state index is -0.630. The van der Waals surface area contributed by atoms with Gasteiger partial charge in [0.2, 0.25) is 5.91 Å². The number of fused-ring (bicyclic) bond motifs is 1. The number of ether oxygens (including phenoxy) is 1. The SMILES string of the molecule is C#CCOC(=O)NCc1ccc(-c2ccc(C(N)=O)cc2)c2cc(NC(=O)NCC)ncc12.Cl. The number of amides is 4. The fraction of sp³-hybridized carbons (Fsp3) is 0.167. The number of carbonyl (C=O) groups is 3. The Morgan fingerprint density at radius 3 is 2.47 bits per heavy atom. The van der Waals surface area contributed by atoms with E-state index < -0.39 is 12.0 Å². The number of rotatable bonds is 7. The highest BCUT2D eigenvalue weighted by molar-refractivity contribution is 6.01. The van der Waals surface area contributed by atoms with E-state index in [9.17, 15) is 14.4 Å². The van der Waals surface area contributed by atoms with Crippen LogP contribution < -0.4 is 21.7 Å². The lowest BCUT2D eigenvalue weighted by Crippen LogP contribution is -2.28. The van der Waals surface area contributed by atoms with Gasteiger partial charge in [-0.15, -0.1) is 18.8 Å². The second-order valence-corrected chi connectivity index (χ2v) is 6.95. The van der Waals surface area contributed by atoms with Crippen molar-refractivity contribution in [1.29, 1.82) is 0 Å². The average Bonchev–Trinajstić information content (AvgIpc) is 2.81. The van der Waals surface area contributed by atoms with Crippen molar-refractivity contribution in [1.82, 2.24) is 15.6 Å². The number of aromatic nitrogens is 1. The Bertz CT molecular complexity index is 1240. The third-order valence-electron chi connectivity index (χ3n) is 4.76. The Morgan fingerprint density at radius 2 is 1.82 bits per heavy atom. The van der Waals surface area contributed by atoms with E-state index in [1.165, 1.54) is 0 Å². The summed E-state index contributed by atoms with van der Waals surface area (Å²) in [6.07, 6.45) is 6.10. The molecule has 5 N–H and O–H groups in total. The van der Waals surface area contributed by atoms with Crippen molar-refractivity contribution in [3.05, 3.63) is 59.8 Å². The molecular weight excluding hydrogens is 458 g/mol. The van der Waals surface area contributed by atoms with E-state index >= 15 is 0 Å². The van der Waals surface area contributed by atoms with Gasteiger partial charge in [0.15, 0.2) is 6.61 Å².